The molecule has 2 aromatic heterocycles. The van der Waals surface area contributed by atoms with Crippen LogP contribution in [-0.4, -0.2) is 28.8 Å². The van der Waals surface area contributed by atoms with Gasteiger partial charge in [-0.05, 0) is 66.9 Å². The largest absolute Gasteiger partial charge is 0.494 e. The molecular formula is C21H25N3O2S. The zero-order valence-electron chi connectivity index (χ0n) is 15.9. The second-order valence-corrected chi connectivity index (χ2v) is 7.28. The van der Waals surface area contributed by atoms with E-state index in [2.05, 4.69) is 33.3 Å². The predicted octanol–water partition coefficient (Wildman–Crippen LogP) is 3.91. The fourth-order valence-electron chi connectivity index (χ4n) is 3.10. The summed E-state index contributed by atoms with van der Waals surface area (Å²) in [6, 6.07) is 11.8. The number of benzene rings is 1. The number of carbonyl (C=O) groups excluding carboxylic acids is 1. The lowest BCUT2D eigenvalue weighted by Crippen LogP contribution is -2.33. The van der Waals surface area contributed by atoms with Gasteiger partial charge in [0.15, 0.2) is 0 Å². The van der Waals surface area contributed by atoms with Crippen molar-refractivity contribution >= 4 is 17.2 Å². The molecule has 1 atom stereocenters. The Bertz CT molecular complexity index is 869. The van der Waals surface area contributed by atoms with Crippen LogP contribution < -0.4 is 10.1 Å². The van der Waals surface area contributed by atoms with Gasteiger partial charge in [-0.2, -0.15) is 16.4 Å². The van der Waals surface area contributed by atoms with Crippen molar-refractivity contribution in [3.05, 3.63) is 69.7 Å². The Labute approximate surface area is 164 Å². The summed E-state index contributed by atoms with van der Waals surface area (Å²) in [6.07, 6.45) is 0.347. The lowest BCUT2D eigenvalue weighted by atomic mass is 10.1. The van der Waals surface area contributed by atoms with E-state index in [1.165, 1.54) is 0 Å². The number of aromatic nitrogens is 2. The molecule has 3 aromatic rings. The monoisotopic (exact) mass is 383 g/mol. The highest BCUT2D eigenvalue weighted by atomic mass is 32.1. The van der Waals surface area contributed by atoms with Crippen molar-refractivity contribution in [3.8, 4) is 5.75 Å². The molecule has 0 radical (unpaired) electrons. The summed E-state index contributed by atoms with van der Waals surface area (Å²) in [6.45, 7) is 7.12. The van der Waals surface area contributed by atoms with Crippen molar-refractivity contribution in [2.45, 2.75) is 33.2 Å². The van der Waals surface area contributed by atoms with Gasteiger partial charge < -0.3 is 10.1 Å². The number of hydrogen-bond donors (Lipinski definition) is 1. The van der Waals surface area contributed by atoms with Crippen molar-refractivity contribution in [2.24, 2.45) is 0 Å². The molecule has 0 spiro atoms. The first-order valence-electron chi connectivity index (χ1n) is 9.10. The minimum atomic E-state index is -0.00534. The van der Waals surface area contributed by atoms with Crippen LogP contribution in [0.1, 0.15) is 35.5 Å². The average Bonchev–Trinajstić information content (AvgIpc) is 3.27. The number of nitrogens with one attached hydrogen (secondary N) is 1. The molecule has 0 aliphatic carbocycles. The van der Waals surface area contributed by atoms with Gasteiger partial charge in [0.2, 0.25) is 5.91 Å². The molecular weight excluding hydrogens is 358 g/mol. The van der Waals surface area contributed by atoms with E-state index in [0.717, 1.165) is 28.3 Å². The predicted molar refractivity (Wildman–Crippen MR) is 108 cm³/mol. The smallest absolute Gasteiger partial charge is 0.224 e. The number of amides is 1. The van der Waals surface area contributed by atoms with E-state index < -0.39 is 0 Å². The molecule has 1 unspecified atom stereocenters. The van der Waals surface area contributed by atoms with Gasteiger partial charge >= 0.3 is 0 Å². The fourth-order valence-corrected chi connectivity index (χ4v) is 3.81. The SMILES string of the molecule is CCOc1ccc(CC(=O)NCC(c2ccsc2)n2nc(C)cc2C)cc1. The number of carbonyl (C=O) groups is 1. The average molecular weight is 384 g/mol. The van der Waals surface area contributed by atoms with Gasteiger partial charge in [0.05, 0.1) is 24.8 Å². The molecule has 1 aromatic carbocycles. The van der Waals surface area contributed by atoms with Crippen molar-refractivity contribution in [1.82, 2.24) is 15.1 Å². The Morgan fingerprint density at radius 3 is 2.63 bits per heavy atom. The van der Waals surface area contributed by atoms with Crippen LogP contribution in [0.5, 0.6) is 5.75 Å². The molecule has 1 N–H and O–H groups in total. The molecule has 2 heterocycles. The molecule has 5 nitrogen and oxygen atoms in total. The van der Waals surface area contributed by atoms with Crippen LogP contribution in [0.3, 0.4) is 0 Å². The van der Waals surface area contributed by atoms with Gasteiger partial charge in [-0.3, -0.25) is 9.48 Å². The normalized spacial score (nSPS) is 12.0. The van der Waals surface area contributed by atoms with Crippen LogP contribution >= 0.6 is 11.3 Å². The molecule has 142 valence electrons. The third-order valence-electron chi connectivity index (χ3n) is 4.36. The summed E-state index contributed by atoms with van der Waals surface area (Å²) in [5, 5.41) is 11.8. The van der Waals surface area contributed by atoms with E-state index in [4.69, 9.17) is 4.74 Å². The third-order valence-corrected chi connectivity index (χ3v) is 5.06. The summed E-state index contributed by atoms with van der Waals surface area (Å²) >= 11 is 1.65. The van der Waals surface area contributed by atoms with Crippen LogP contribution in [0.15, 0.2) is 47.2 Å². The molecule has 6 heteroatoms. The standard InChI is InChI=1S/C21H25N3O2S/c1-4-26-19-7-5-17(6-8-19)12-21(25)22-13-20(18-9-10-27-14-18)24-16(3)11-15(2)23-24/h5-11,14,20H,4,12-13H2,1-3H3,(H,22,25). The van der Waals surface area contributed by atoms with Crippen LogP contribution in [0, 0.1) is 13.8 Å². The minimum Gasteiger partial charge on any atom is -0.494 e. The maximum absolute atomic E-state index is 12.4. The van der Waals surface area contributed by atoms with Gasteiger partial charge in [0.25, 0.3) is 0 Å². The Morgan fingerprint density at radius 1 is 1.26 bits per heavy atom. The van der Waals surface area contributed by atoms with Crippen LogP contribution in [-0.2, 0) is 11.2 Å². The second-order valence-electron chi connectivity index (χ2n) is 6.50. The van der Waals surface area contributed by atoms with E-state index in [9.17, 15) is 4.79 Å². The molecule has 0 aliphatic heterocycles. The molecule has 3 rings (SSSR count). The Kier molecular flexibility index (Phi) is 6.29. The highest BCUT2D eigenvalue weighted by molar-refractivity contribution is 7.07. The van der Waals surface area contributed by atoms with E-state index >= 15 is 0 Å². The molecule has 0 bridgehead atoms. The van der Waals surface area contributed by atoms with Crippen LogP contribution in [0.4, 0.5) is 0 Å². The van der Waals surface area contributed by atoms with Gasteiger partial charge in [-0.15, -0.1) is 0 Å². The van der Waals surface area contributed by atoms with Crippen molar-refractivity contribution < 1.29 is 9.53 Å². The molecule has 27 heavy (non-hydrogen) atoms. The van der Waals surface area contributed by atoms with E-state index in [0.29, 0.717) is 19.6 Å². The molecule has 0 saturated carbocycles. The fraction of sp³-hybridized carbons (Fsp3) is 0.333. The number of aryl methyl sites for hydroxylation is 2. The maximum Gasteiger partial charge on any atom is 0.224 e. The zero-order chi connectivity index (χ0) is 19.2. The molecule has 0 fully saturated rings. The number of ether oxygens (including phenoxy) is 1. The first-order chi connectivity index (χ1) is 13.1. The van der Waals surface area contributed by atoms with Crippen molar-refractivity contribution in [2.75, 3.05) is 13.2 Å². The van der Waals surface area contributed by atoms with Gasteiger partial charge in [-0.1, -0.05) is 12.1 Å². The highest BCUT2D eigenvalue weighted by Gasteiger charge is 2.18. The van der Waals surface area contributed by atoms with Crippen molar-refractivity contribution in [1.29, 1.82) is 0 Å². The first kappa shape index (κ1) is 19.2. The Balaban J connectivity index is 1.65. The molecule has 0 aliphatic rings. The minimum absolute atomic E-state index is 0.000852. The Morgan fingerprint density at radius 2 is 2.04 bits per heavy atom. The topological polar surface area (TPSA) is 56.1 Å². The second kappa shape index (κ2) is 8.86. The zero-order valence-corrected chi connectivity index (χ0v) is 16.8. The van der Waals surface area contributed by atoms with E-state index in [-0.39, 0.29) is 11.9 Å². The van der Waals surface area contributed by atoms with Crippen molar-refractivity contribution in [3.63, 3.8) is 0 Å². The van der Waals surface area contributed by atoms with E-state index in [1.807, 2.05) is 49.7 Å². The summed E-state index contributed by atoms with van der Waals surface area (Å²) in [5.74, 6) is 0.824. The Hall–Kier alpha value is -2.60. The number of hydrogen-bond acceptors (Lipinski definition) is 4. The van der Waals surface area contributed by atoms with Gasteiger partial charge in [0, 0.05) is 12.2 Å². The van der Waals surface area contributed by atoms with Gasteiger partial charge in [-0.25, -0.2) is 0 Å². The summed E-state index contributed by atoms with van der Waals surface area (Å²) < 4.78 is 7.43. The number of rotatable bonds is 8. The lowest BCUT2D eigenvalue weighted by Gasteiger charge is -2.19. The maximum atomic E-state index is 12.4. The van der Waals surface area contributed by atoms with E-state index in [1.54, 1.807) is 11.3 Å². The summed E-state index contributed by atoms with van der Waals surface area (Å²) in [5.41, 5.74) is 4.19. The van der Waals surface area contributed by atoms with Gasteiger partial charge in [0.1, 0.15) is 5.75 Å². The number of thiophene rings is 1. The number of nitrogens with zero attached hydrogens (tertiary/aromatic N) is 2. The molecule has 1 amide bonds. The third kappa shape index (κ3) is 4.98. The lowest BCUT2D eigenvalue weighted by molar-refractivity contribution is -0.120. The van der Waals surface area contributed by atoms with Crippen LogP contribution in [0.25, 0.3) is 0 Å². The highest BCUT2D eigenvalue weighted by Crippen LogP contribution is 2.22. The quantitative estimate of drug-likeness (QED) is 0.642. The molecule has 0 saturated heterocycles. The first-order valence-corrected chi connectivity index (χ1v) is 10.0. The summed E-state index contributed by atoms with van der Waals surface area (Å²) in [4.78, 5) is 12.4. The summed E-state index contributed by atoms with van der Waals surface area (Å²) in [7, 11) is 0. The van der Waals surface area contributed by atoms with Crippen LogP contribution in [0.2, 0.25) is 0 Å².